The second kappa shape index (κ2) is 4.94. The van der Waals surface area contributed by atoms with E-state index in [-0.39, 0.29) is 0 Å². The van der Waals surface area contributed by atoms with Gasteiger partial charge in [0.15, 0.2) is 0 Å². The van der Waals surface area contributed by atoms with Crippen molar-refractivity contribution in [2.75, 3.05) is 0 Å². The quantitative estimate of drug-likeness (QED) is 0.605. The van der Waals surface area contributed by atoms with E-state index in [2.05, 4.69) is 22.1 Å². The van der Waals surface area contributed by atoms with E-state index in [1.54, 1.807) is 0 Å². The number of para-hydroxylation sites is 1. The molecule has 2 aromatic heterocycles. The number of pyridine rings is 1. The van der Waals surface area contributed by atoms with Gasteiger partial charge < -0.3 is 9.72 Å². The molecule has 0 aliphatic rings. The van der Waals surface area contributed by atoms with Gasteiger partial charge in [0, 0.05) is 22.5 Å². The molecule has 102 valence electrons. The number of hydrogen-bond donors (Lipinski definition) is 1. The molecule has 0 radical (unpaired) electrons. The lowest BCUT2D eigenvalue weighted by Gasteiger charge is -2.07. The first kappa shape index (κ1) is 12.0. The van der Waals surface area contributed by atoms with Gasteiger partial charge >= 0.3 is 0 Å². The summed E-state index contributed by atoms with van der Waals surface area (Å²) < 4.78 is 5.84. The summed E-state index contributed by atoms with van der Waals surface area (Å²) in [6.45, 7) is 0.473. The molecule has 0 saturated carbocycles. The third-order valence-electron chi connectivity index (χ3n) is 3.57. The minimum Gasteiger partial charge on any atom is -0.487 e. The maximum atomic E-state index is 5.84. The normalized spacial score (nSPS) is 11.0. The molecule has 0 unspecified atom stereocenters. The molecule has 1 N–H and O–H groups in total. The van der Waals surface area contributed by atoms with Gasteiger partial charge in [-0.3, -0.25) is 0 Å². The summed E-state index contributed by atoms with van der Waals surface area (Å²) in [5, 5.41) is 2.30. The molecule has 0 aliphatic carbocycles. The summed E-state index contributed by atoms with van der Waals surface area (Å²) in [4.78, 5) is 7.78. The number of nitrogens with zero attached hydrogens (tertiary/aromatic N) is 1. The average Bonchev–Trinajstić information content (AvgIpc) is 3.00. The van der Waals surface area contributed by atoms with Crippen LogP contribution < -0.4 is 4.74 Å². The summed E-state index contributed by atoms with van der Waals surface area (Å²) >= 11 is 0. The van der Waals surface area contributed by atoms with Crippen LogP contribution in [0.25, 0.3) is 21.8 Å². The topological polar surface area (TPSA) is 37.9 Å². The van der Waals surface area contributed by atoms with Gasteiger partial charge in [-0.25, -0.2) is 4.98 Å². The fourth-order valence-electron chi connectivity index (χ4n) is 2.47. The van der Waals surface area contributed by atoms with Gasteiger partial charge in [-0.05, 0) is 36.4 Å². The molecule has 2 aromatic carbocycles. The van der Waals surface area contributed by atoms with Crippen molar-refractivity contribution < 1.29 is 4.74 Å². The van der Waals surface area contributed by atoms with Crippen LogP contribution in [-0.2, 0) is 6.61 Å². The highest BCUT2D eigenvalue weighted by atomic mass is 16.5. The van der Waals surface area contributed by atoms with Gasteiger partial charge in [0.05, 0.1) is 11.2 Å². The highest BCUT2D eigenvalue weighted by Gasteiger charge is 2.01. The van der Waals surface area contributed by atoms with Crippen molar-refractivity contribution in [3.05, 3.63) is 72.6 Å². The predicted octanol–water partition coefficient (Wildman–Crippen LogP) is 4.30. The SMILES string of the molecule is c1ccc2nc(COc3ccc4[nH]ccc4c3)ccc2c1. The van der Waals surface area contributed by atoms with Crippen LogP contribution in [0.4, 0.5) is 0 Å². The number of nitrogens with one attached hydrogen (secondary N) is 1. The smallest absolute Gasteiger partial charge is 0.130 e. The van der Waals surface area contributed by atoms with E-state index >= 15 is 0 Å². The Labute approximate surface area is 122 Å². The van der Waals surface area contributed by atoms with E-state index in [0.717, 1.165) is 33.2 Å². The number of hydrogen-bond acceptors (Lipinski definition) is 2. The van der Waals surface area contributed by atoms with Crippen molar-refractivity contribution in [2.45, 2.75) is 6.61 Å². The molecule has 4 rings (SSSR count). The maximum Gasteiger partial charge on any atom is 0.130 e. The third-order valence-corrected chi connectivity index (χ3v) is 3.57. The molecule has 3 heteroatoms. The Morgan fingerprint density at radius 1 is 0.905 bits per heavy atom. The lowest BCUT2D eigenvalue weighted by Crippen LogP contribution is -1.98. The van der Waals surface area contributed by atoms with Crippen LogP contribution in [0.15, 0.2) is 66.9 Å². The molecule has 0 aliphatic heterocycles. The molecule has 0 spiro atoms. The molecular formula is C18H14N2O. The molecule has 0 amide bonds. The summed E-state index contributed by atoms with van der Waals surface area (Å²) in [7, 11) is 0. The van der Waals surface area contributed by atoms with Crippen molar-refractivity contribution in [1.29, 1.82) is 0 Å². The predicted molar refractivity (Wildman–Crippen MR) is 84.4 cm³/mol. The van der Waals surface area contributed by atoms with E-state index in [1.165, 1.54) is 0 Å². The van der Waals surface area contributed by atoms with Crippen LogP contribution in [0.2, 0.25) is 0 Å². The summed E-state index contributed by atoms with van der Waals surface area (Å²) in [5.41, 5.74) is 3.05. The molecule has 4 aromatic rings. The highest BCUT2D eigenvalue weighted by molar-refractivity contribution is 5.80. The van der Waals surface area contributed by atoms with Crippen molar-refractivity contribution >= 4 is 21.8 Å². The van der Waals surface area contributed by atoms with E-state index in [1.807, 2.05) is 54.7 Å². The molecular weight excluding hydrogens is 260 g/mol. The van der Waals surface area contributed by atoms with E-state index in [9.17, 15) is 0 Å². The number of rotatable bonds is 3. The van der Waals surface area contributed by atoms with Gasteiger partial charge in [0.25, 0.3) is 0 Å². The molecule has 2 heterocycles. The zero-order valence-corrected chi connectivity index (χ0v) is 11.4. The van der Waals surface area contributed by atoms with Crippen LogP contribution in [-0.4, -0.2) is 9.97 Å². The highest BCUT2D eigenvalue weighted by Crippen LogP contribution is 2.20. The lowest BCUT2D eigenvalue weighted by molar-refractivity contribution is 0.302. The minimum atomic E-state index is 0.473. The maximum absolute atomic E-state index is 5.84. The second-order valence-corrected chi connectivity index (χ2v) is 5.01. The van der Waals surface area contributed by atoms with Crippen molar-refractivity contribution in [1.82, 2.24) is 9.97 Å². The summed E-state index contributed by atoms with van der Waals surface area (Å²) in [6, 6.07) is 20.3. The molecule has 0 fully saturated rings. The number of H-pyrrole nitrogens is 1. The van der Waals surface area contributed by atoms with Crippen LogP contribution >= 0.6 is 0 Å². The Morgan fingerprint density at radius 2 is 1.86 bits per heavy atom. The first-order chi connectivity index (χ1) is 10.4. The van der Waals surface area contributed by atoms with E-state index in [0.29, 0.717) is 6.61 Å². The largest absolute Gasteiger partial charge is 0.487 e. The van der Waals surface area contributed by atoms with Crippen molar-refractivity contribution in [3.63, 3.8) is 0 Å². The van der Waals surface area contributed by atoms with E-state index in [4.69, 9.17) is 4.74 Å². The molecule has 0 atom stereocenters. The fraction of sp³-hybridized carbons (Fsp3) is 0.0556. The third kappa shape index (κ3) is 2.34. The molecule has 0 saturated heterocycles. The van der Waals surface area contributed by atoms with Crippen molar-refractivity contribution in [3.8, 4) is 5.75 Å². The van der Waals surface area contributed by atoms with Crippen LogP contribution in [0, 0.1) is 0 Å². The Hall–Kier alpha value is -2.81. The van der Waals surface area contributed by atoms with Crippen LogP contribution in [0.1, 0.15) is 5.69 Å². The Bertz CT molecular complexity index is 911. The van der Waals surface area contributed by atoms with Gasteiger partial charge in [-0.15, -0.1) is 0 Å². The Morgan fingerprint density at radius 3 is 2.86 bits per heavy atom. The average molecular weight is 274 g/mol. The monoisotopic (exact) mass is 274 g/mol. The van der Waals surface area contributed by atoms with Gasteiger partial charge in [0.2, 0.25) is 0 Å². The Balaban J connectivity index is 1.56. The summed E-state index contributed by atoms with van der Waals surface area (Å²) in [6.07, 6.45) is 1.93. The number of fused-ring (bicyclic) bond motifs is 2. The zero-order valence-electron chi connectivity index (χ0n) is 11.4. The van der Waals surface area contributed by atoms with E-state index < -0.39 is 0 Å². The zero-order chi connectivity index (χ0) is 14.1. The van der Waals surface area contributed by atoms with Gasteiger partial charge in [-0.1, -0.05) is 24.3 Å². The van der Waals surface area contributed by atoms with Gasteiger partial charge in [-0.2, -0.15) is 0 Å². The number of aromatic nitrogens is 2. The number of benzene rings is 2. The lowest BCUT2D eigenvalue weighted by atomic mass is 10.2. The first-order valence-corrected chi connectivity index (χ1v) is 6.93. The molecule has 21 heavy (non-hydrogen) atoms. The molecule has 3 nitrogen and oxygen atoms in total. The Kier molecular flexibility index (Phi) is 2.82. The second-order valence-electron chi connectivity index (χ2n) is 5.01. The number of ether oxygens (including phenoxy) is 1. The van der Waals surface area contributed by atoms with Crippen LogP contribution in [0.3, 0.4) is 0 Å². The fourth-order valence-corrected chi connectivity index (χ4v) is 2.47. The molecule has 0 bridgehead atoms. The van der Waals surface area contributed by atoms with Gasteiger partial charge in [0.1, 0.15) is 12.4 Å². The summed E-state index contributed by atoms with van der Waals surface area (Å²) in [5.74, 6) is 0.858. The minimum absolute atomic E-state index is 0.473. The standard InChI is InChI=1S/C18H14N2O/c1-2-4-18-13(3-1)5-6-15(20-18)12-21-16-7-8-17-14(11-16)9-10-19-17/h1-11,19H,12H2. The first-order valence-electron chi connectivity index (χ1n) is 6.93. The van der Waals surface area contributed by atoms with Crippen molar-refractivity contribution in [2.24, 2.45) is 0 Å². The van der Waals surface area contributed by atoms with Crippen LogP contribution in [0.5, 0.6) is 5.75 Å². The number of aromatic amines is 1.